The van der Waals surface area contributed by atoms with Gasteiger partial charge in [0.2, 0.25) is 0 Å². The molecule has 3 unspecified atom stereocenters. The van der Waals surface area contributed by atoms with E-state index >= 15 is 0 Å². The van der Waals surface area contributed by atoms with Crippen molar-refractivity contribution in [1.82, 2.24) is 0 Å². The lowest BCUT2D eigenvalue weighted by Gasteiger charge is -2.20. The standard InChI is InChI=1S/C17H26NO4S/c1-7-15-9-8-10-16-17(15)18(11(2)23-16)22-14(5)21-13(4)20-12(3)19-6/h8-10,12-14H,7H2,1-6H3/q+1. The average molecular weight is 340 g/mol. The van der Waals surface area contributed by atoms with Crippen LogP contribution in [0.5, 0.6) is 0 Å². The first-order chi connectivity index (χ1) is 11.0. The number of methoxy groups -OCH3 is 1. The monoisotopic (exact) mass is 340 g/mol. The normalized spacial score (nSPS) is 15.6. The quantitative estimate of drug-likeness (QED) is 0.546. The van der Waals surface area contributed by atoms with Crippen LogP contribution in [0, 0.1) is 6.92 Å². The molecule has 1 heterocycles. The SMILES string of the molecule is CCc1cccc2sc(C)[n+](OC(C)OC(C)OC(C)OC)c12. The van der Waals surface area contributed by atoms with Gasteiger partial charge in [0.15, 0.2) is 12.6 Å². The number of hydrogen-bond acceptors (Lipinski definition) is 5. The van der Waals surface area contributed by atoms with Crippen LogP contribution in [0.2, 0.25) is 0 Å². The van der Waals surface area contributed by atoms with E-state index < -0.39 is 12.6 Å². The van der Waals surface area contributed by atoms with Crippen molar-refractivity contribution in [2.45, 2.75) is 59.9 Å². The molecule has 128 valence electrons. The Morgan fingerprint density at radius 3 is 2.43 bits per heavy atom. The molecule has 0 amide bonds. The second-order valence-corrected chi connectivity index (χ2v) is 6.58. The fourth-order valence-corrected chi connectivity index (χ4v) is 3.44. The lowest BCUT2D eigenvalue weighted by Crippen LogP contribution is -2.50. The summed E-state index contributed by atoms with van der Waals surface area (Å²) in [5.74, 6) is 0. The first kappa shape index (κ1) is 18.1. The number of aryl methyl sites for hydroxylation is 2. The number of nitrogens with zero attached hydrogens (tertiary/aromatic N) is 1. The van der Waals surface area contributed by atoms with Gasteiger partial charge in [-0.15, -0.1) is 0 Å². The highest BCUT2D eigenvalue weighted by Crippen LogP contribution is 2.23. The van der Waals surface area contributed by atoms with E-state index in [4.69, 9.17) is 19.0 Å². The zero-order valence-electron chi connectivity index (χ0n) is 14.7. The maximum absolute atomic E-state index is 6.01. The minimum absolute atomic E-state index is 0.319. The molecule has 23 heavy (non-hydrogen) atoms. The number of para-hydroxylation sites is 1. The lowest BCUT2D eigenvalue weighted by atomic mass is 10.1. The van der Waals surface area contributed by atoms with Crippen LogP contribution >= 0.6 is 11.3 Å². The zero-order valence-corrected chi connectivity index (χ0v) is 15.5. The second kappa shape index (κ2) is 8.06. The van der Waals surface area contributed by atoms with Gasteiger partial charge in [0.05, 0.1) is 0 Å². The summed E-state index contributed by atoms with van der Waals surface area (Å²) in [7, 11) is 1.60. The number of ether oxygens (including phenoxy) is 3. The van der Waals surface area contributed by atoms with Gasteiger partial charge in [-0.2, -0.15) is 0 Å². The van der Waals surface area contributed by atoms with Crippen LogP contribution in [0.4, 0.5) is 0 Å². The molecule has 2 aromatic rings. The van der Waals surface area contributed by atoms with E-state index in [0.29, 0.717) is 0 Å². The first-order valence-corrected chi connectivity index (χ1v) is 8.71. The van der Waals surface area contributed by atoms with Crippen molar-refractivity contribution in [2.24, 2.45) is 0 Å². The van der Waals surface area contributed by atoms with E-state index in [-0.39, 0.29) is 6.29 Å². The zero-order chi connectivity index (χ0) is 17.0. The molecule has 0 fully saturated rings. The molecule has 0 saturated heterocycles. The van der Waals surface area contributed by atoms with Gasteiger partial charge < -0.3 is 14.2 Å². The van der Waals surface area contributed by atoms with Gasteiger partial charge in [-0.3, -0.25) is 0 Å². The van der Waals surface area contributed by atoms with Crippen LogP contribution in [0.15, 0.2) is 18.2 Å². The van der Waals surface area contributed by atoms with Crippen LogP contribution in [-0.2, 0) is 20.6 Å². The lowest BCUT2D eigenvalue weighted by molar-refractivity contribution is -0.888. The topological polar surface area (TPSA) is 40.8 Å². The summed E-state index contributed by atoms with van der Waals surface area (Å²) < 4.78 is 19.4. The Hall–Kier alpha value is -1.21. The van der Waals surface area contributed by atoms with E-state index in [1.165, 1.54) is 10.3 Å². The Morgan fingerprint density at radius 1 is 1.09 bits per heavy atom. The predicted octanol–water partition coefficient (Wildman–Crippen LogP) is 3.21. The van der Waals surface area contributed by atoms with E-state index in [0.717, 1.165) is 16.9 Å². The molecular formula is C17H26NO4S+. The van der Waals surface area contributed by atoms with Gasteiger partial charge in [0.25, 0.3) is 16.8 Å². The molecule has 1 aromatic carbocycles. The fraction of sp³-hybridized carbons (Fsp3) is 0.588. The van der Waals surface area contributed by atoms with Crippen LogP contribution < -0.4 is 9.57 Å². The summed E-state index contributed by atoms with van der Waals surface area (Å²) in [5, 5.41) is 1.08. The molecule has 6 heteroatoms. The molecule has 0 aliphatic rings. The molecule has 0 N–H and O–H groups in total. The molecule has 2 rings (SSSR count). The molecule has 0 spiro atoms. The summed E-state index contributed by atoms with van der Waals surface area (Å²) in [6.45, 7) is 9.71. The summed E-state index contributed by atoms with van der Waals surface area (Å²) in [4.78, 5) is 6.01. The summed E-state index contributed by atoms with van der Waals surface area (Å²) in [6.07, 6.45) is -0.228. The van der Waals surface area contributed by atoms with Crippen molar-refractivity contribution in [3.63, 3.8) is 0 Å². The number of benzene rings is 1. The van der Waals surface area contributed by atoms with Gasteiger partial charge in [0, 0.05) is 31.3 Å². The molecule has 0 aliphatic carbocycles. The van der Waals surface area contributed by atoms with E-state index in [1.54, 1.807) is 18.4 Å². The van der Waals surface area contributed by atoms with Crippen LogP contribution in [-0.4, -0.2) is 26.0 Å². The maximum atomic E-state index is 6.01. The first-order valence-electron chi connectivity index (χ1n) is 7.90. The van der Waals surface area contributed by atoms with Crippen molar-refractivity contribution in [3.05, 3.63) is 28.8 Å². The van der Waals surface area contributed by atoms with E-state index in [1.807, 2.05) is 32.4 Å². The molecular weight excluding hydrogens is 314 g/mol. The summed E-state index contributed by atoms with van der Waals surface area (Å²) in [5.41, 5.74) is 2.38. The number of rotatable bonds is 8. The van der Waals surface area contributed by atoms with Crippen LogP contribution in [0.3, 0.4) is 0 Å². The second-order valence-electron chi connectivity index (χ2n) is 5.35. The number of thiazole rings is 1. The molecule has 0 aliphatic heterocycles. The fourth-order valence-electron chi connectivity index (χ4n) is 2.45. The molecule has 0 bridgehead atoms. The Balaban J connectivity index is 2.13. The van der Waals surface area contributed by atoms with Crippen LogP contribution in [0.1, 0.15) is 38.3 Å². The van der Waals surface area contributed by atoms with Crippen molar-refractivity contribution < 1.29 is 23.8 Å². The van der Waals surface area contributed by atoms with Gasteiger partial charge >= 0.3 is 0 Å². The van der Waals surface area contributed by atoms with Crippen molar-refractivity contribution in [1.29, 1.82) is 0 Å². The van der Waals surface area contributed by atoms with Gasteiger partial charge in [-0.1, -0.05) is 30.4 Å². The van der Waals surface area contributed by atoms with Gasteiger partial charge in [-0.05, 0) is 26.3 Å². The minimum atomic E-state index is -0.444. The third-order valence-corrected chi connectivity index (χ3v) is 4.57. The molecule has 0 radical (unpaired) electrons. The van der Waals surface area contributed by atoms with E-state index in [9.17, 15) is 0 Å². The Bertz CT molecular complexity index is 643. The molecule has 0 saturated carbocycles. The largest absolute Gasteiger partial charge is 0.356 e. The highest BCUT2D eigenvalue weighted by Gasteiger charge is 2.26. The minimum Gasteiger partial charge on any atom is -0.356 e. The highest BCUT2D eigenvalue weighted by atomic mass is 32.1. The Labute approximate surface area is 141 Å². The van der Waals surface area contributed by atoms with Crippen molar-refractivity contribution >= 4 is 21.6 Å². The van der Waals surface area contributed by atoms with Crippen molar-refractivity contribution in [3.8, 4) is 0 Å². The predicted molar refractivity (Wildman–Crippen MR) is 90.3 cm³/mol. The molecule has 3 atom stereocenters. The number of aromatic nitrogens is 1. The summed E-state index contributed by atoms with van der Waals surface area (Å²) in [6, 6.07) is 6.33. The molecule has 5 nitrogen and oxygen atoms in total. The number of hydrogen-bond donors (Lipinski definition) is 0. The van der Waals surface area contributed by atoms with Gasteiger partial charge in [0.1, 0.15) is 4.70 Å². The maximum Gasteiger partial charge on any atom is 0.287 e. The van der Waals surface area contributed by atoms with Crippen LogP contribution in [0.25, 0.3) is 10.2 Å². The highest BCUT2D eigenvalue weighted by molar-refractivity contribution is 7.18. The van der Waals surface area contributed by atoms with Gasteiger partial charge in [-0.25, -0.2) is 4.84 Å². The Kier molecular flexibility index (Phi) is 6.35. The average Bonchev–Trinajstić information content (AvgIpc) is 2.82. The number of fused-ring (bicyclic) bond motifs is 1. The Morgan fingerprint density at radius 2 is 1.78 bits per heavy atom. The third-order valence-electron chi connectivity index (χ3n) is 3.56. The summed E-state index contributed by atoms with van der Waals surface area (Å²) >= 11 is 1.71. The smallest absolute Gasteiger partial charge is 0.287 e. The van der Waals surface area contributed by atoms with E-state index in [2.05, 4.69) is 25.1 Å². The van der Waals surface area contributed by atoms with Crippen molar-refractivity contribution in [2.75, 3.05) is 7.11 Å². The molecule has 1 aromatic heterocycles. The third kappa shape index (κ3) is 4.41.